The van der Waals surface area contributed by atoms with Gasteiger partial charge in [0.1, 0.15) is 0 Å². The molecule has 0 amide bonds. The average Bonchev–Trinajstić information content (AvgIpc) is 3.24. The van der Waals surface area contributed by atoms with Crippen LogP contribution in [0.15, 0.2) is 115 Å². The highest BCUT2D eigenvalue weighted by Gasteiger charge is 2.40. The van der Waals surface area contributed by atoms with Gasteiger partial charge in [-0.25, -0.2) is 0 Å². The highest BCUT2D eigenvalue weighted by atomic mass is 16.4. The Balaban J connectivity index is 1.53. The summed E-state index contributed by atoms with van der Waals surface area (Å²) in [6.45, 7) is -0.183. The van der Waals surface area contributed by atoms with Gasteiger partial charge in [-0.15, -0.1) is 0 Å². The summed E-state index contributed by atoms with van der Waals surface area (Å²) in [5.74, 6) is 0.878. The Hall–Kier alpha value is -4.44. The number of anilines is 3. The number of nitrogens with zero attached hydrogens (tertiary/aromatic N) is 2. The molecule has 2 aliphatic rings. The van der Waals surface area contributed by atoms with Crippen LogP contribution >= 0.6 is 0 Å². The molecule has 3 nitrogen and oxygen atoms in total. The van der Waals surface area contributed by atoms with E-state index in [-0.39, 0.29) is 6.92 Å². The Morgan fingerprint density at radius 1 is 0.529 bits per heavy atom. The fourth-order valence-electron chi connectivity index (χ4n) is 5.84. The molecule has 0 aliphatic carbocycles. The summed E-state index contributed by atoms with van der Waals surface area (Å²) in [7, 11) is 0. The molecule has 0 saturated carbocycles. The molecule has 0 bridgehead atoms. The van der Waals surface area contributed by atoms with Crippen LogP contribution in [0.2, 0.25) is 0 Å². The molecule has 0 radical (unpaired) electrons. The number of aromatic nitrogens is 1. The topological polar surface area (TPSA) is 17.4 Å². The summed E-state index contributed by atoms with van der Waals surface area (Å²) < 4.78 is 9.19. The summed E-state index contributed by atoms with van der Waals surface area (Å²) in [6.07, 6.45) is 0. The number of benzene rings is 5. The van der Waals surface area contributed by atoms with Crippen molar-refractivity contribution < 1.29 is 4.65 Å². The highest BCUT2D eigenvalue weighted by molar-refractivity contribution is 6.84. The van der Waals surface area contributed by atoms with Crippen molar-refractivity contribution in [1.29, 1.82) is 0 Å². The molecule has 1 aromatic heterocycles. The van der Waals surface area contributed by atoms with Gasteiger partial charge in [-0.3, -0.25) is 0 Å². The van der Waals surface area contributed by atoms with Crippen LogP contribution in [-0.2, 0) is 0 Å². The smallest absolute Gasteiger partial charge is 0.430 e. The lowest BCUT2D eigenvalue weighted by atomic mass is 9.52. The van der Waals surface area contributed by atoms with Crippen molar-refractivity contribution in [3.8, 4) is 11.4 Å². The quantitative estimate of drug-likeness (QED) is 0.315. The number of para-hydroxylation sites is 5. The van der Waals surface area contributed by atoms with Gasteiger partial charge in [-0.05, 0) is 47.3 Å². The first kappa shape index (κ1) is 18.0. The second-order valence-electron chi connectivity index (χ2n) is 8.95. The fraction of sp³-hybridized carbons (Fsp3) is 0. The summed E-state index contributed by atoms with van der Waals surface area (Å²) in [5.41, 5.74) is 9.66. The monoisotopic (exact) mass is 434 g/mol. The molecule has 0 unspecified atom stereocenters. The first-order chi connectivity index (χ1) is 16.9. The molecular weight excluding hydrogens is 415 g/mol. The van der Waals surface area contributed by atoms with E-state index < -0.39 is 0 Å². The lowest BCUT2D eigenvalue weighted by Gasteiger charge is -2.37. The van der Waals surface area contributed by atoms with Crippen LogP contribution in [0, 0.1) is 0 Å². The van der Waals surface area contributed by atoms with E-state index >= 15 is 0 Å². The molecule has 3 heterocycles. The highest BCUT2D eigenvalue weighted by Crippen LogP contribution is 2.49. The van der Waals surface area contributed by atoms with Crippen LogP contribution < -0.4 is 20.5 Å². The zero-order chi connectivity index (χ0) is 22.2. The maximum absolute atomic E-state index is 6.71. The lowest BCUT2D eigenvalue weighted by Crippen LogP contribution is -2.53. The number of hydrogen-bond donors (Lipinski definition) is 0. The first-order valence-corrected chi connectivity index (χ1v) is 11.7. The van der Waals surface area contributed by atoms with E-state index in [1.54, 1.807) is 0 Å². The van der Waals surface area contributed by atoms with E-state index in [9.17, 15) is 0 Å². The molecule has 5 aromatic carbocycles. The van der Waals surface area contributed by atoms with E-state index in [2.05, 4.69) is 94.4 Å². The van der Waals surface area contributed by atoms with Gasteiger partial charge in [-0.1, -0.05) is 78.9 Å². The Labute approximate surface area is 197 Å². The molecule has 4 heteroatoms. The van der Waals surface area contributed by atoms with Crippen LogP contribution in [0.3, 0.4) is 0 Å². The van der Waals surface area contributed by atoms with E-state index in [1.165, 1.54) is 49.8 Å². The van der Waals surface area contributed by atoms with Gasteiger partial charge in [0, 0.05) is 16.5 Å². The summed E-state index contributed by atoms with van der Waals surface area (Å²) >= 11 is 0. The van der Waals surface area contributed by atoms with E-state index in [0.717, 1.165) is 11.4 Å². The molecule has 8 rings (SSSR count). The van der Waals surface area contributed by atoms with Crippen LogP contribution in [0.4, 0.5) is 17.1 Å². The van der Waals surface area contributed by atoms with Gasteiger partial charge in [0.25, 0.3) is 0 Å². The van der Waals surface area contributed by atoms with Crippen LogP contribution in [0.1, 0.15) is 0 Å². The summed E-state index contributed by atoms with van der Waals surface area (Å²) in [6, 6.07) is 40.7. The van der Waals surface area contributed by atoms with E-state index in [0.29, 0.717) is 0 Å². The molecule has 0 fully saturated rings. The average molecular weight is 434 g/mol. The standard InChI is InChI=1S/C30H19BN2O/c1-3-10-20(11-4-1)32-26-18-8-15-23-22-14-7-16-24-28(22)33(29(23)26)30-25(17-9-19-27(30)32)31(24)34-21-12-5-2-6-13-21/h1-19H. The minimum Gasteiger partial charge on any atom is -0.551 e. The van der Waals surface area contributed by atoms with Crippen LogP contribution in [0.5, 0.6) is 5.75 Å². The second kappa shape index (κ2) is 6.55. The molecule has 0 saturated heterocycles. The molecule has 34 heavy (non-hydrogen) atoms. The van der Waals surface area contributed by atoms with E-state index in [4.69, 9.17) is 4.65 Å². The lowest BCUT2D eigenvalue weighted by molar-refractivity contribution is 0.591. The van der Waals surface area contributed by atoms with E-state index in [1.807, 2.05) is 30.3 Å². The number of hydrogen-bond acceptors (Lipinski definition) is 2. The van der Waals surface area contributed by atoms with Crippen molar-refractivity contribution in [2.24, 2.45) is 0 Å². The minimum absolute atomic E-state index is 0.183. The number of rotatable bonds is 3. The molecular formula is C30H19BN2O. The normalized spacial score (nSPS) is 13.2. The Kier molecular flexibility index (Phi) is 3.48. The molecule has 0 atom stereocenters. The molecule has 158 valence electrons. The van der Waals surface area contributed by atoms with Crippen molar-refractivity contribution in [1.82, 2.24) is 4.57 Å². The molecule has 0 spiro atoms. The maximum atomic E-state index is 6.71. The third-order valence-electron chi connectivity index (χ3n) is 7.15. The fourth-order valence-corrected chi connectivity index (χ4v) is 5.84. The zero-order valence-electron chi connectivity index (χ0n) is 18.3. The van der Waals surface area contributed by atoms with Gasteiger partial charge in [0.15, 0.2) is 0 Å². The predicted octanol–water partition coefficient (Wildman–Crippen LogP) is 6.07. The largest absolute Gasteiger partial charge is 0.551 e. The predicted molar refractivity (Wildman–Crippen MR) is 141 cm³/mol. The maximum Gasteiger partial charge on any atom is 0.430 e. The molecule has 2 aliphatic heterocycles. The Morgan fingerprint density at radius 2 is 1.18 bits per heavy atom. The summed E-state index contributed by atoms with van der Waals surface area (Å²) in [5, 5.41) is 2.54. The van der Waals surface area contributed by atoms with Gasteiger partial charge >= 0.3 is 6.92 Å². The SMILES string of the molecule is c1ccc(OB2c3cccc4c3-n3c5c2cccc5c2cccc(c23)N4c2ccccc2)cc1. The van der Waals surface area contributed by atoms with Crippen molar-refractivity contribution >= 4 is 56.7 Å². The first-order valence-electron chi connectivity index (χ1n) is 11.7. The Bertz CT molecular complexity index is 1740. The minimum atomic E-state index is -0.183. The summed E-state index contributed by atoms with van der Waals surface area (Å²) in [4.78, 5) is 2.39. The third kappa shape index (κ3) is 2.22. The van der Waals surface area contributed by atoms with Gasteiger partial charge in [0.2, 0.25) is 0 Å². The van der Waals surface area contributed by atoms with Crippen LogP contribution in [-0.4, -0.2) is 11.5 Å². The second-order valence-corrected chi connectivity index (χ2v) is 8.95. The number of fused-ring (bicyclic) bond motifs is 1. The van der Waals surface area contributed by atoms with Crippen molar-refractivity contribution in [2.75, 3.05) is 4.90 Å². The third-order valence-corrected chi connectivity index (χ3v) is 7.15. The van der Waals surface area contributed by atoms with Crippen LogP contribution in [0.25, 0.3) is 27.5 Å². The Morgan fingerprint density at radius 3 is 2.00 bits per heavy atom. The molecule has 0 N–H and O–H groups in total. The van der Waals surface area contributed by atoms with Gasteiger partial charge < -0.3 is 14.1 Å². The van der Waals surface area contributed by atoms with Gasteiger partial charge in [0.05, 0.1) is 33.8 Å². The van der Waals surface area contributed by atoms with Crippen molar-refractivity contribution in [3.63, 3.8) is 0 Å². The van der Waals surface area contributed by atoms with Crippen molar-refractivity contribution in [2.45, 2.75) is 0 Å². The molecule has 6 aromatic rings. The van der Waals surface area contributed by atoms with Gasteiger partial charge in [-0.2, -0.15) is 0 Å². The zero-order valence-corrected chi connectivity index (χ0v) is 18.3. The van der Waals surface area contributed by atoms with Crippen molar-refractivity contribution in [3.05, 3.63) is 115 Å².